The molecule has 1 N–H and O–H groups in total. The van der Waals surface area contributed by atoms with Gasteiger partial charge in [-0.15, -0.1) is 11.6 Å². The first-order valence-corrected chi connectivity index (χ1v) is 5.69. The zero-order valence-electron chi connectivity index (χ0n) is 7.61. The Labute approximate surface area is 92.6 Å². The van der Waals surface area contributed by atoms with Crippen LogP contribution in [0.4, 0.5) is 5.69 Å². The van der Waals surface area contributed by atoms with Crippen LogP contribution in [0.15, 0.2) is 22.7 Å². The van der Waals surface area contributed by atoms with Gasteiger partial charge in [-0.2, -0.15) is 0 Å². The Bertz CT molecular complexity index is 276. The van der Waals surface area contributed by atoms with E-state index in [0.29, 0.717) is 5.88 Å². The van der Waals surface area contributed by atoms with Crippen LogP contribution in [0.1, 0.15) is 12.5 Å². The zero-order valence-corrected chi connectivity index (χ0v) is 9.95. The fourth-order valence-corrected chi connectivity index (χ4v) is 1.77. The van der Waals surface area contributed by atoms with Gasteiger partial charge in [-0.3, -0.25) is 0 Å². The summed E-state index contributed by atoms with van der Waals surface area (Å²) in [4.78, 5) is 0. The molecule has 1 aromatic carbocycles. The van der Waals surface area contributed by atoms with Crippen molar-refractivity contribution in [3.8, 4) is 0 Å². The molecule has 72 valence electrons. The molecule has 0 aliphatic heterocycles. The molecule has 1 aromatic rings. The van der Waals surface area contributed by atoms with Gasteiger partial charge < -0.3 is 5.32 Å². The predicted octanol–water partition coefficient (Wildman–Crippen LogP) is 3.66. The van der Waals surface area contributed by atoms with E-state index in [-0.39, 0.29) is 0 Å². The van der Waals surface area contributed by atoms with E-state index in [0.717, 1.165) is 18.7 Å². The highest BCUT2D eigenvalue weighted by atomic mass is 79.9. The first-order chi connectivity index (χ1) is 6.27. The number of hydrogen-bond donors (Lipinski definition) is 1. The summed E-state index contributed by atoms with van der Waals surface area (Å²) in [5.41, 5.74) is 2.46. The molecule has 0 heterocycles. The molecule has 1 rings (SSSR count). The molecular weight excluding hydrogens is 249 g/mol. The average Bonchev–Trinajstić information content (AvgIpc) is 2.16. The standard InChI is InChI=1S/C10H13BrClN/c1-2-8-7-9(13-6-5-12)3-4-10(8)11/h3-4,7,13H,2,5-6H2,1H3. The van der Waals surface area contributed by atoms with Crippen LogP contribution >= 0.6 is 27.5 Å². The summed E-state index contributed by atoms with van der Waals surface area (Å²) < 4.78 is 1.17. The number of aryl methyl sites for hydroxylation is 1. The Hall–Kier alpha value is -0.210. The Morgan fingerprint density at radius 3 is 2.85 bits per heavy atom. The van der Waals surface area contributed by atoms with Crippen LogP contribution in [0.2, 0.25) is 0 Å². The van der Waals surface area contributed by atoms with Gasteiger partial charge in [0.05, 0.1) is 0 Å². The molecule has 0 atom stereocenters. The van der Waals surface area contributed by atoms with Gasteiger partial charge in [0.25, 0.3) is 0 Å². The molecule has 0 aromatic heterocycles. The molecule has 0 saturated heterocycles. The SMILES string of the molecule is CCc1cc(NCCCl)ccc1Br. The van der Waals surface area contributed by atoms with E-state index in [4.69, 9.17) is 11.6 Å². The van der Waals surface area contributed by atoms with Crippen molar-refractivity contribution < 1.29 is 0 Å². The number of rotatable bonds is 4. The lowest BCUT2D eigenvalue weighted by atomic mass is 10.1. The van der Waals surface area contributed by atoms with Gasteiger partial charge in [0.15, 0.2) is 0 Å². The predicted molar refractivity (Wildman–Crippen MR) is 62.7 cm³/mol. The lowest BCUT2D eigenvalue weighted by molar-refractivity contribution is 1.12. The van der Waals surface area contributed by atoms with Crippen LogP contribution in [0.3, 0.4) is 0 Å². The molecule has 0 fully saturated rings. The van der Waals surface area contributed by atoms with Gasteiger partial charge in [0.2, 0.25) is 0 Å². The summed E-state index contributed by atoms with van der Waals surface area (Å²) in [5.74, 6) is 0.636. The number of nitrogens with one attached hydrogen (secondary N) is 1. The molecule has 0 saturated carbocycles. The van der Waals surface area contributed by atoms with E-state index in [1.165, 1.54) is 10.0 Å². The van der Waals surface area contributed by atoms with Crippen molar-refractivity contribution in [2.75, 3.05) is 17.7 Å². The van der Waals surface area contributed by atoms with Gasteiger partial charge in [-0.25, -0.2) is 0 Å². The number of hydrogen-bond acceptors (Lipinski definition) is 1. The van der Waals surface area contributed by atoms with Gasteiger partial charge in [-0.1, -0.05) is 22.9 Å². The molecule has 0 bridgehead atoms. The maximum atomic E-state index is 5.58. The highest BCUT2D eigenvalue weighted by Gasteiger charge is 1.98. The summed E-state index contributed by atoms with van der Waals surface area (Å²) in [6.45, 7) is 2.96. The van der Waals surface area contributed by atoms with E-state index in [1.54, 1.807) is 0 Å². The van der Waals surface area contributed by atoms with Crippen LogP contribution < -0.4 is 5.32 Å². The first kappa shape index (κ1) is 10.9. The quantitative estimate of drug-likeness (QED) is 0.817. The molecule has 1 nitrogen and oxygen atoms in total. The second-order valence-corrected chi connectivity index (χ2v) is 4.01. The normalized spacial score (nSPS) is 10.1. The maximum Gasteiger partial charge on any atom is 0.0396 e. The lowest BCUT2D eigenvalue weighted by Crippen LogP contribution is -2.02. The molecule has 0 amide bonds. The van der Waals surface area contributed by atoms with Gasteiger partial charge >= 0.3 is 0 Å². The smallest absolute Gasteiger partial charge is 0.0396 e. The van der Waals surface area contributed by atoms with E-state index in [9.17, 15) is 0 Å². The van der Waals surface area contributed by atoms with Crippen LogP contribution in [0.5, 0.6) is 0 Å². The molecule has 0 spiro atoms. The minimum Gasteiger partial charge on any atom is -0.384 e. The van der Waals surface area contributed by atoms with Gasteiger partial charge in [0.1, 0.15) is 0 Å². The molecule has 0 aliphatic carbocycles. The molecule has 13 heavy (non-hydrogen) atoms. The molecule has 0 aliphatic rings. The van der Waals surface area contributed by atoms with Crippen molar-refractivity contribution in [2.45, 2.75) is 13.3 Å². The lowest BCUT2D eigenvalue weighted by Gasteiger charge is -2.07. The Balaban J connectivity index is 2.74. The van der Waals surface area contributed by atoms with E-state index in [2.05, 4.69) is 46.4 Å². The van der Waals surface area contributed by atoms with Crippen LogP contribution in [-0.2, 0) is 6.42 Å². The minimum atomic E-state index is 0.636. The minimum absolute atomic E-state index is 0.636. The Morgan fingerprint density at radius 1 is 1.46 bits per heavy atom. The third-order valence-corrected chi connectivity index (χ3v) is 2.81. The fourth-order valence-electron chi connectivity index (χ4n) is 1.15. The second-order valence-electron chi connectivity index (χ2n) is 2.78. The summed E-state index contributed by atoms with van der Waals surface area (Å²) in [6.07, 6.45) is 1.04. The monoisotopic (exact) mass is 261 g/mol. The molecular formula is C10H13BrClN. The number of anilines is 1. The Morgan fingerprint density at radius 2 is 2.23 bits per heavy atom. The summed E-state index contributed by atoms with van der Waals surface area (Å²) in [5, 5.41) is 3.24. The number of benzene rings is 1. The van der Waals surface area contributed by atoms with Crippen LogP contribution in [0.25, 0.3) is 0 Å². The highest BCUT2D eigenvalue weighted by molar-refractivity contribution is 9.10. The third kappa shape index (κ3) is 3.20. The molecule has 3 heteroatoms. The van der Waals surface area contributed by atoms with Crippen molar-refractivity contribution >= 4 is 33.2 Å². The van der Waals surface area contributed by atoms with Crippen molar-refractivity contribution in [3.05, 3.63) is 28.2 Å². The summed E-state index contributed by atoms with van der Waals surface area (Å²) in [7, 11) is 0. The van der Waals surface area contributed by atoms with Crippen LogP contribution in [-0.4, -0.2) is 12.4 Å². The fraction of sp³-hybridized carbons (Fsp3) is 0.400. The highest BCUT2D eigenvalue weighted by Crippen LogP contribution is 2.21. The summed E-state index contributed by atoms with van der Waals surface area (Å²) in [6, 6.07) is 6.27. The van der Waals surface area contributed by atoms with Crippen LogP contribution in [0, 0.1) is 0 Å². The third-order valence-electron chi connectivity index (χ3n) is 1.85. The van der Waals surface area contributed by atoms with Crippen molar-refractivity contribution in [3.63, 3.8) is 0 Å². The second kappa shape index (κ2) is 5.51. The molecule has 0 radical (unpaired) electrons. The van der Waals surface area contributed by atoms with E-state index < -0.39 is 0 Å². The number of alkyl halides is 1. The first-order valence-electron chi connectivity index (χ1n) is 4.36. The van der Waals surface area contributed by atoms with Crippen molar-refractivity contribution in [2.24, 2.45) is 0 Å². The molecule has 0 unspecified atom stereocenters. The largest absolute Gasteiger partial charge is 0.384 e. The topological polar surface area (TPSA) is 12.0 Å². The van der Waals surface area contributed by atoms with E-state index >= 15 is 0 Å². The van der Waals surface area contributed by atoms with E-state index in [1.807, 2.05) is 0 Å². The average molecular weight is 263 g/mol. The van der Waals surface area contributed by atoms with Gasteiger partial charge in [-0.05, 0) is 30.2 Å². The van der Waals surface area contributed by atoms with Crippen molar-refractivity contribution in [1.29, 1.82) is 0 Å². The Kier molecular flexibility index (Phi) is 4.60. The summed E-state index contributed by atoms with van der Waals surface area (Å²) >= 11 is 9.09. The van der Waals surface area contributed by atoms with Gasteiger partial charge in [0, 0.05) is 22.6 Å². The number of halogens is 2. The van der Waals surface area contributed by atoms with Crippen molar-refractivity contribution in [1.82, 2.24) is 0 Å². The zero-order chi connectivity index (χ0) is 9.68. The maximum absolute atomic E-state index is 5.58.